The zero-order chi connectivity index (χ0) is 8.86. The minimum atomic E-state index is -0.0631. The summed E-state index contributed by atoms with van der Waals surface area (Å²) in [6.07, 6.45) is 1.01. The second kappa shape index (κ2) is 3.76. The fourth-order valence-corrected chi connectivity index (χ4v) is 1.92. The van der Waals surface area contributed by atoms with Crippen LogP contribution in [0.2, 0.25) is 0 Å². The van der Waals surface area contributed by atoms with Crippen LogP contribution >= 0.6 is 0 Å². The molecular formula is C10H19CaN. The number of hydrogen-bond donors (Lipinski definition) is 0. The van der Waals surface area contributed by atoms with Crippen molar-refractivity contribution in [3.63, 3.8) is 0 Å². The summed E-state index contributed by atoms with van der Waals surface area (Å²) in [4.78, 5) is 0. The molecule has 0 bridgehead atoms. The molecule has 1 fully saturated rings. The first-order valence-electron chi connectivity index (χ1n) is 4.36. The van der Waals surface area contributed by atoms with E-state index < -0.39 is 0 Å². The summed E-state index contributed by atoms with van der Waals surface area (Å²) in [6, 6.07) is 0.0208. The SMILES string of the molecule is [CH2-]C1(C)C([NH-])CC(C)C1(C)C.[Ca+2]. The van der Waals surface area contributed by atoms with Crippen molar-refractivity contribution in [2.45, 2.75) is 40.2 Å². The fraction of sp³-hybridized carbons (Fsp3) is 0.900. The van der Waals surface area contributed by atoms with Crippen molar-refractivity contribution >= 4 is 37.7 Å². The molecule has 3 unspecified atom stereocenters. The standard InChI is InChI=1S/C10H19N.Ca/c1-7-6-8(11)10(4,5)9(7,2)3;/h7-8,11H,4,6H2,1-3,5H3;/q-2;+2. The monoisotopic (exact) mass is 193 g/mol. The van der Waals surface area contributed by atoms with Gasteiger partial charge in [-0.25, -0.2) is 0 Å². The maximum Gasteiger partial charge on any atom is 2.00 e. The molecule has 0 aromatic heterocycles. The van der Waals surface area contributed by atoms with Gasteiger partial charge in [-0.1, -0.05) is 39.5 Å². The topological polar surface area (TPSA) is 23.8 Å². The minimum absolute atomic E-state index is 0. The summed E-state index contributed by atoms with van der Waals surface area (Å²) < 4.78 is 0. The van der Waals surface area contributed by atoms with E-state index in [1.54, 1.807) is 0 Å². The molecule has 0 aromatic rings. The van der Waals surface area contributed by atoms with E-state index in [1.807, 2.05) is 0 Å². The van der Waals surface area contributed by atoms with Crippen LogP contribution in [0.1, 0.15) is 34.1 Å². The molecule has 0 amide bonds. The van der Waals surface area contributed by atoms with Gasteiger partial charge in [0.25, 0.3) is 0 Å². The van der Waals surface area contributed by atoms with Crippen LogP contribution in [-0.2, 0) is 0 Å². The van der Waals surface area contributed by atoms with Crippen LogP contribution in [0, 0.1) is 23.7 Å². The van der Waals surface area contributed by atoms with Gasteiger partial charge in [0.05, 0.1) is 0 Å². The average Bonchev–Trinajstić information content (AvgIpc) is 1.95. The Morgan fingerprint density at radius 1 is 1.33 bits per heavy atom. The zero-order valence-electron chi connectivity index (χ0n) is 8.78. The second-order valence-electron chi connectivity index (χ2n) is 4.83. The first-order valence-corrected chi connectivity index (χ1v) is 4.36. The van der Waals surface area contributed by atoms with Crippen LogP contribution in [0.3, 0.4) is 0 Å². The maximum absolute atomic E-state index is 7.86. The number of nitrogens with one attached hydrogen (secondary N) is 1. The fourth-order valence-electron chi connectivity index (χ4n) is 1.92. The molecule has 12 heavy (non-hydrogen) atoms. The summed E-state index contributed by atoms with van der Waals surface area (Å²) in [5, 5.41) is 0. The molecule has 0 aromatic carbocycles. The largest absolute Gasteiger partial charge is 2.00 e. The van der Waals surface area contributed by atoms with Gasteiger partial charge in [-0.3, -0.25) is 0 Å². The van der Waals surface area contributed by atoms with E-state index in [2.05, 4.69) is 34.6 Å². The maximum atomic E-state index is 7.86. The molecule has 0 spiro atoms. The van der Waals surface area contributed by atoms with Crippen molar-refractivity contribution in [2.24, 2.45) is 16.7 Å². The van der Waals surface area contributed by atoms with Crippen LogP contribution < -0.4 is 0 Å². The number of hydrogen-bond acceptors (Lipinski definition) is 0. The summed E-state index contributed by atoms with van der Waals surface area (Å²) in [5.74, 6) is 0.632. The third-order valence-corrected chi connectivity index (χ3v) is 4.06. The van der Waals surface area contributed by atoms with Crippen molar-refractivity contribution < 1.29 is 0 Å². The summed E-state index contributed by atoms with van der Waals surface area (Å²) in [5.41, 5.74) is 8.02. The van der Waals surface area contributed by atoms with Gasteiger partial charge in [0.2, 0.25) is 0 Å². The third-order valence-electron chi connectivity index (χ3n) is 4.06. The molecule has 2 heteroatoms. The Labute approximate surface area is 106 Å². The molecule has 1 aliphatic rings. The Kier molecular flexibility index (Phi) is 4.14. The summed E-state index contributed by atoms with van der Waals surface area (Å²) in [6.45, 7) is 13.0. The van der Waals surface area contributed by atoms with E-state index in [-0.39, 0.29) is 54.6 Å². The second-order valence-corrected chi connectivity index (χ2v) is 4.83. The smallest absolute Gasteiger partial charge is 0.676 e. The first kappa shape index (κ1) is 13.2. The average molecular weight is 193 g/mol. The molecule has 3 atom stereocenters. The van der Waals surface area contributed by atoms with Gasteiger partial charge < -0.3 is 12.7 Å². The molecule has 0 heterocycles. The minimum Gasteiger partial charge on any atom is -0.676 e. The van der Waals surface area contributed by atoms with Crippen LogP contribution in [-0.4, -0.2) is 43.8 Å². The molecule has 1 N–H and O–H groups in total. The Hall–Kier alpha value is 1.22. The molecule has 1 saturated carbocycles. The van der Waals surface area contributed by atoms with Gasteiger partial charge in [0.1, 0.15) is 0 Å². The van der Waals surface area contributed by atoms with E-state index >= 15 is 0 Å². The molecule has 0 saturated heterocycles. The molecule has 0 aliphatic heterocycles. The van der Waals surface area contributed by atoms with Gasteiger partial charge in [0, 0.05) is 0 Å². The molecule has 1 nitrogen and oxygen atoms in total. The van der Waals surface area contributed by atoms with Crippen LogP contribution in [0.25, 0.3) is 5.73 Å². The van der Waals surface area contributed by atoms with E-state index in [0.29, 0.717) is 5.92 Å². The molecule has 0 radical (unpaired) electrons. The predicted octanol–water partition coefficient (Wildman–Crippen LogP) is 2.93. The van der Waals surface area contributed by atoms with Crippen LogP contribution in [0.15, 0.2) is 0 Å². The van der Waals surface area contributed by atoms with E-state index in [9.17, 15) is 0 Å². The van der Waals surface area contributed by atoms with Crippen LogP contribution in [0.4, 0.5) is 0 Å². The van der Waals surface area contributed by atoms with Gasteiger partial charge in [-0.05, 0) is 5.92 Å². The van der Waals surface area contributed by atoms with Crippen molar-refractivity contribution in [3.8, 4) is 0 Å². The van der Waals surface area contributed by atoms with Crippen LogP contribution in [0.5, 0.6) is 0 Å². The number of rotatable bonds is 0. The zero-order valence-corrected chi connectivity index (χ0v) is 11.0. The summed E-state index contributed by atoms with van der Waals surface area (Å²) in [7, 11) is 0. The Morgan fingerprint density at radius 3 is 1.83 bits per heavy atom. The van der Waals surface area contributed by atoms with Crippen molar-refractivity contribution in [1.82, 2.24) is 0 Å². The van der Waals surface area contributed by atoms with Crippen molar-refractivity contribution in [1.29, 1.82) is 0 Å². The van der Waals surface area contributed by atoms with Gasteiger partial charge in [-0.15, -0.1) is 0 Å². The quantitative estimate of drug-likeness (QED) is 0.417. The van der Waals surface area contributed by atoms with Crippen molar-refractivity contribution in [2.75, 3.05) is 0 Å². The Morgan fingerprint density at radius 2 is 1.75 bits per heavy atom. The van der Waals surface area contributed by atoms with Gasteiger partial charge in [0.15, 0.2) is 0 Å². The van der Waals surface area contributed by atoms with E-state index in [0.717, 1.165) is 6.42 Å². The molecule has 66 valence electrons. The molecule has 1 rings (SSSR count). The third kappa shape index (κ3) is 1.70. The normalized spacial score (nSPS) is 45.5. The first-order chi connectivity index (χ1) is 4.80. The molecular weight excluding hydrogens is 174 g/mol. The van der Waals surface area contributed by atoms with E-state index in [1.165, 1.54) is 0 Å². The van der Waals surface area contributed by atoms with Gasteiger partial charge in [-0.2, -0.15) is 11.5 Å². The Balaban J connectivity index is 0.00000121. The molecule has 1 aliphatic carbocycles. The predicted molar refractivity (Wildman–Crippen MR) is 54.9 cm³/mol. The van der Waals surface area contributed by atoms with E-state index in [4.69, 9.17) is 5.73 Å². The van der Waals surface area contributed by atoms with Gasteiger partial charge >= 0.3 is 37.7 Å². The Bertz CT molecular complexity index is 145. The van der Waals surface area contributed by atoms with Crippen molar-refractivity contribution in [3.05, 3.63) is 12.7 Å². The summed E-state index contributed by atoms with van der Waals surface area (Å²) >= 11 is 0.